The molecular formula is C17H26N8O5S2. The number of tetrazole rings is 1. The van der Waals surface area contributed by atoms with Crippen LogP contribution in [0, 0.1) is 5.92 Å². The van der Waals surface area contributed by atoms with Gasteiger partial charge in [0, 0.05) is 38.0 Å². The Kier molecular flexibility index (Phi) is 6.46. The van der Waals surface area contributed by atoms with Crippen molar-refractivity contribution >= 4 is 25.7 Å². The van der Waals surface area contributed by atoms with E-state index in [1.54, 1.807) is 6.07 Å². The summed E-state index contributed by atoms with van der Waals surface area (Å²) in [5, 5.41) is 31.5. The highest BCUT2D eigenvalue weighted by atomic mass is 32.2. The zero-order valence-corrected chi connectivity index (χ0v) is 18.9. The number of anilines is 1. The fourth-order valence-electron chi connectivity index (χ4n) is 4.20. The third kappa shape index (κ3) is 4.62. The number of nitrogens with one attached hydrogen (secondary N) is 3. The lowest BCUT2D eigenvalue weighted by atomic mass is 9.97. The van der Waals surface area contributed by atoms with Crippen LogP contribution in [0.2, 0.25) is 0 Å². The number of hydrogen-bond donors (Lipinski definition) is 5. The second-order valence-electron chi connectivity index (χ2n) is 8.01. The molecule has 0 radical (unpaired) electrons. The van der Waals surface area contributed by atoms with E-state index in [-0.39, 0.29) is 30.0 Å². The van der Waals surface area contributed by atoms with Crippen molar-refractivity contribution in [2.75, 3.05) is 37.7 Å². The van der Waals surface area contributed by atoms with Crippen molar-refractivity contribution in [2.45, 2.75) is 35.1 Å². The van der Waals surface area contributed by atoms with Crippen LogP contribution >= 0.6 is 0 Å². The zero-order chi connectivity index (χ0) is 22.9. The fraction of sp³-hybridized carbons (Fsp3) is 0.588. The number of primary sulfonamides is 1. The van der Waals surface area contributed by atoms with E-state index in [9.17, 15) is 21.9 Å². The van der Waals surface area contributed by atoms with Gasteiger partial charge in [0.05, 0.1) is 5.56 Å². The first-order valence-electron chi connectivity index (χ1n) is 10.2. The molecule has 15 heteroatoms. The minimum Gasteiger partial charge on any atom is -0.396 e. The number of rotatable bonds is 7. The smallest absolute Gasteiger partial charge is 0.242 e. The molecule has 4 rings (SSSR count). The van der Waals surface area contributed by atoms with E-state index in [4.69, 9.17) is 5.14 Å². The Bertz CT molecular complexity index is 1160. The van der Waals surface area contributed by atoms with Crippen molar-refractivity contribution < 1.29 is 21.9 Å². The van der Waals surface area contributed by atoms with Crippen LogP contribution in [0.25, 0.3) is 11.4 Å². The molecule has 1 aromatic heterocycles. The molecule has 0 spiro atoms. The van der Waals surface area contributed by atoms with Crippen molar-refractivity contribution in [2.24, 2.45) is 11.1 Å². The largest absolute Gasteiger partial charge is 0.396 e. The van der Waals surface area contributed by atoms with Crippen molar-refractivity contribution in [1.82, 2.24) is 30.7 Å². The Hall–Kier alpha value is -2.17. The molecular weight excluding hydrogens is 460 g/mol. The summed E-state index contributed by atoms with van der Waals surface area (Å²) >= 11 is 0. The molecule has 1 atom stereocenters. The summed E-state index contributed by atoms with van der Waals surface area (Å²) < 4.78 is 54.4. The van der Waals surface area contributed by atoms with Gasteiger partial charge in [-0.1, -0.05) is 0 Å². The van der Waals surface area contributed by atoms with Gasteiger partial charge in [0.15, 0.2) is 5.82 Å². The van der Waals surface area contributed by atoms with Gasteiger partial charge in [-0.05, 0) is 54.3 Å². The number of H-pyrrole nitrogens is 1. The molecule has 2 fully saturated rings. The Morgan fingerprint density at radius 2 is 1.94 bits per heavy atom. The zero-order valence-electron chi connectivity index (χ0n) is 17.2. The summed E-state index contributed by atoms with van der Waals surface area (Å²) in [7, 11) is -8.72. The first-order valence-corrected chi connectivity index (χ1v) is 13.3. The van der Waals surface area contributed by atoms with Crippen LogP contribution in [0.15, 0.2) is 21.9 Å². The molecule has 2 aromatic rings. The highest BCUT2D eigenvalue weighted by Crippen LogP contribution is 2.39. The number of nitrogens with two attached hydrogens (primary N) is 1. The first-order chi connectivity index (χ1) is 15.2. The van der Waals surface area contributed by atoms with Crippen LogP contribution in [-0.2, 0) is 20.0 Å². The van der Waals surface area contributed by atoms with Gasteiger partial charge in [0.2, 0.25) is 20.0 Å². The van der Waals surface area contributed by atoms with Gasteiger partial charge in [0.1, 0.15) is 9.79 Å². The number of aliphatic hydroxyl groups excluding tert-OH is 1. The van der Waals surface area contributed by atoms with E-state index in [0.717, 1.165) is 0 Å². The Morgan fingerprint density at radius 3 is 2.50 bits per heavy atom. The summed E-state index contributed by atoms with van der Waals surface area (Å²) in [6, 6.07) is 2.44. The Labute approximate surface area is 185 Å². The minimum atomic E-state index is -4.50. The molecule has 0 unspecified atom stereocenters. The van der Waals surface area contributed by atoms with Crippen molar-refractivity contribution in [3.05, 3.63) is 12.1 Å². The quantitative estimate of drug-likeness (QED) is 0.303. The monoisotopic (exact) mass is 486 g/mol. The molecule has 176 valence electrons. The van der Waals surface area contributed by atoms with Crippen LogP contribution in [0.5, 0.6) is 0 Å². The van der Waals surface area contributed by atoms with Gasteiger partial charge >= 0.3 is 0 Å². The predicted octanol–water partition coefficient (Wildman–Crippen LogP) is -1.64. The highest BCUT2D eigenvalue weighted by Gasteiger charge is 2.34. The van der Waals surface area contributed by atoms with Crippen LogP contribution in [0.3, 0.4) is 0 Å². The van der Waals surface area contributed by atoms with E-state index >= 15 is 0 Å². The van der Waals surface area contributed by atoms with Gasteiger partial charge in [-0.25, -0.2) is 31.8 Å². The van der Waals surface area contributed by atoms with Crippen molar-refractivity contribution in [1.29, 1.82) is 0 Å². The number of sulfonamides is 2. The first kappa shape index (κ1) is 23.0. The molecule has 0 aliphatic carbocycles. The average Bonchev–Trinajstić information content (AvgIpc) is 3.46. The molecule has 0 saturated carbocycles. The number of hydrogen-bond acceptors (Lipinski definition) is 10. The predicted molar refractivity (Wildman–Crippen MR) is 115 cm³/mol. The van der Waals surface area contributed by atoms with E-state index in [1.807, 2.05) is 4.90 Å². The van der Waals surface area contributed by atoms with Gasteiger partial charge in [-0.3, -0.25) is 0 Å². The molecule has 0 amide bonds. The minimum absolute atomic E-state index is 0.00658. The summed E-state index contributed by atoms with van der Waals surface area (Å²) in [5.74, 6) is 0.149. The number of piperidine rings is 1. The van der Waals surface area contributed by atoms with E-state index in [2.05, 4.69) is 30.7 Å². The van der Waals surface area contributed by atoms with Crippen LogP contribution in [-0.4, -0.2) is 81.4 Å². The second-order valence-corrected chi connectivity index (χ2v) is 11.2. The van der Waals surface area contributed by atoms with Crippen LogP contribution in [0.4, 0.5) is 5.69 Å². The number of aromatic nitrogens is 4. The molecule has 6 N–H and O–H groups in total. The molecule has 32 heavy (non-hydrogen) atoms. The summed E-state index contributed by atoms with van der Waals surface area (Å²) in [6.45, 7) is 2.27. The molecule has 2 saturated heterocycles. The maximum Gasteiger partial charge on any atom is 0.242 e. The van der Waals surface area contributed by atoms with Gasteiger partial charge in [-0.15, -0.1) is 5.10 Å². The van der Waals surface area contributed by atoms with Crippen molar-refractivity contribution in [3.63, 3.8) is 0 Å². The van der Waals surface area contributed by atoms with Crippen LogP contribution in [0.1, 0.15) is 19.3 Å². The van der Waals surface area contributed by atoms with Gasteiger partial charge in [0.25, 0.3) is 0 Å². The third-order valence-electron chi connectivity index (χ3n) is 5.85. The van der Waals surface area contributed by atoms with E-state index < -0.39 is 29.8 Å². The normalized spacial score (nSPS) is 20.7. The molecule has 13 nitrogen and oxygen atoms in total. The summed E-state index contributed by atoms with van der Waals surface area (Å²) in [6.07, 6.45) is 1.98. The topological polar surface area (TPSA) is 196 Å². The summed E-state index contributed by atoms with van der Waals surface area (Å²) in [5.41, 5.74) is 0.456. The number of aromatic amines is 1. The average molecular weight is 487 g/mol. The maximum absolute atomic E-state index is 13.2. The van der Waals surface area contributed by atoms with Gasteiger partial charge < -0.3 is 15.3 Å². The second kappa shape index (κ2) is 8.99. The lowest BCUT2D eigenvalue weighted by Gasteiger charge is -2.34. The molecule has 2 aliphatic heterocycles. The highest BCUT2D eigenvalue weighted by molar-refractivity contribution is 7.92. The Morgan fingerprint density at radius 1 is 1.19 bits per heavy atom. The number of nitrogens with zero attached hydrogens (tertiary/aromatic N) is 4. The van der Waals surface area contributed by atoms with E-state index in [1.165, 1.54) is 6.07 Å². The van der Waals surface area contributed by atoms with Gasteiger partial charge in [-0.2, -0.15) is 0 Å². The Balaban J connectivity index is 1.87. The maximum atomic E-state index is 13.2. The molecule has 0 bridgehead atoms. The van der Waals surface area contributed by atoms with Crippen molar-refractivity contribution in [3.8, 4) is 11.4 Å². The molecule has 2 aliphatic rings. The lowest BCUT2D eigenvalue weighted by Crippen LogP contribution is -2.38. The third-order valence-corrected chi connectivity index (χ3v) is 8.54. The lowest BCUT2D eigenvalue weighted by molar-refractivity contribution is 0.203. The number of aliphatic hydroxyl groups is 1. The summed E-state index contributed by atoms with van der Waals surface area (Å²) in [4.78, 5) is 0.909. The standard InChI is InChI=1S/C17H26N8O5S2/c18-31(27,28)16-14(32(29,30)22-12-3-6-19-9-12)2-1-13(15(16)17-20-23-24-21-17)25-7-4-11(10-26)5-8-25/h1-2,11-12,19,22,26H,3-10H2,(H2,18,27,28)(H,20,21,23,24)/t12-/m1/s1. The fourth-order valence-corrected chi connectivity index (χ4v) is 7.07. The van der Waals surface area contributed by atoms with Crippen LogP contribution < -0.4 is 20.1 Å². The SMILES string of the molecule is NS(=O)(=O)c1c(S(=O)(=O)N[C@@H]2CCNC2)ccc(N2CCC(CO)CC2)c1-c1nnn[nH]1. The molecule has 3 heterocycles. The molecule has 1 aromatic carbocycles. The van der Waals surface area contributed by atoms with E-state index in [0.29, 0.717) is 51.1 Å². The number of benzene rings is 1.